The van der Waals surface area contributed by atoms with E-state index in [9.17, 15) is 0 Å². The van der Waals surface area contributed by atoms with Gasteiger partial charge in [-0.1, -0.05) is 12.1 Å². The Labute approximate surface area is 110 Å². The van der Waals surface area contributed by atoms with Gasteiger partial charge in [0.15, 0.2) is 0 Å². The molecule has 4 nitrogen and oxygen atoms in total. The van der Waals surface area contributed by atoms with Crippen LogP contribution >= 0.6 is 11.3 Å². The maximum atomic E-state index is 7.22. The highest BCUT2D eigenvalue weighted by Gasteiger charge is 2.01. The molecule has 0 bridgehead atoms. The summed E-state index contributed by atoms with van der Waals surface area (Å²) in [4.78, 5) is 4.33. The molecule has 0 unspecified atom stereocenters. The molecule has 0 amide bonds. The molecule has 0 atom stereocenters. The van der Waals surface area contributed by atoms with Crippen LogP contribution in [0.1, 0.15) is 16.3 Å². The van der Waals surface area contributed by atoms with Crippen LogP contribution in [0.3, 0.4) is 0 Å². The van der Waals surface area contributed by atoms with Crippen LogP contribution in [0.2, 0.25) is 0 Å². The first-order valence-corrected chi connectivity index (χ1v) is 6.47. The Morgan fingerprint density at radius 1 is 1.39 bits per heavy atom. The van der Waals surface area contributed by atoms with E-state index >= 15 is 0 Å². The molecule has 0 saturated carbocycles. The highest BCUT2D eigenvalue weighted by Crippen LogP contribution is 2.15. The van der Waals surface area contributed by atoms with E-state index in [2.05, 4.69) is 4.98 Å². The molecule has 0 fully saturated rings. The Morgan fingerprint density at radius 3 is 2.67 bits per heavy atom. The zero-order valence-corrected chi connectivity index (χ0v) is 11.0. The van der Waals surface area contributed by atoms with Crippen molar-refractivity contribution in [3.63, 3.8) is 0 Å². The van der Waals surface area contributed by atoms with Crippen LogP contribution in [0.15, 0.2) is 29.6 Å². The van der Waals surface area contributed by atoms with Crippen molar-refractivity contribution in [2.45, 2.75) is 20.0 Å². The summed E-state index contributed by atoms with van der Waals surface area (Å²) in [6.07, 6.45) is 0.478. The van der Waals surface area contributed by atoms with E-state index in [0.717, 1.165) is 22.0 Å². The maximum Gasteiger partial charge on any atom is 0.131 e. The molecule has 0 saturated heterocycles. The molecule has 1 aromatic heterocycles. The summed E-state index contributed by atoms with van der Waals surface area (Å²) in [5, 5.41) is 10.3. The Balaban J connectivity index is 1.92. The van der Waals surface area contributed by atoms with E-state index in [1.165, 1.54) is 0 Å². The van der Waals surface area contributed by atoms with Crippen molar-refractivity contribution in [1.82, 2.24) is 4.98 Å². The summed E-state index contributed by atoms with van der Waals surface area (Å²) < 4.78 is 5.62. The molecular weight excluding hydrogens is 246 g/mol. The second-order valence-corrected chi connectivity index (χ2v) is 5.05. The summed E-state index contributed by atoms with van der Waals surface area (Å²) in [5.74, 6) is 0.967. The standard InChI is InChI=1S/C13H15N3OS/c1-9-16-11(8-18-9)7-17-12-4-2-10(3-5-12)6-13(14)15/h2-5,8H,6-7H2,1H3,(H3,14,15). The molecule has 0 spiro atoms. The van der Waals surface area contributed by atoms with E-state index in [-0.39, 0.29) is 5.84 Å². The third kappa shape index (κ3) is 3.56. The van der Waals surface area contributed by atoms with Gasteiger partial charge in [-0.25, -0.2) is 4.98 Å². The predicted molar refractivity (Wildman–Crippen MR) is 73.2 cm³/mol. The third-order valence-electron chi connectivity index (χ3n) is 2.37. The number of amidine groups is 1. The molecule has 94 valence electrons. The fraction of sp³-hybridized carbons (Fsp3) is 0.231. The number of aryl methyl sites for hydroxylation is 1. The van der Waals surface area contributed by atoms with E-state index in [1.54, 1.807) is 11.3 Å². The van der Waals surface area contributed by atoms with Crippen molar-refractivity contribution >= 4 is 17.2 Å². The Bertz CT molecular complexity index is 533. The molecule has 18 heavy (non-hydrogen) atoms. The zero-order valence-electron chi connectivity index (χ0n) is 10.1. The van der Waals surface area contributed by atoms with Crippen LogP contribution in [0.5, 0.6) is 5.75 Å². The molecule has 3 N–H and O–H groups in total. The summed E-state index contributed by atoms with van der Waals surface area (Å²) >= 11 is 1.62. The number of nitrogens with one attached hydrogen (secondary N) is 1. The second kappa shape index (κ2) is 5.64. The lowest BCUT2D eigenvalue weighted by molar-refractivity contribution is 0.302. The lowest BCUT2D eigenvalue weighted by atomic mass is 10.1. The quantitative estimate of drug-likeness (QED) is 0.641. The van der Waals surface area contributed by atoms with Gasteiger partial charge in [0, 0.05) is 11.8 Å². The number of nitrogens with zero attached hydrogens (tertiary/aromatic N) is 1. The van der Waals surface area contributed by atoms with Crippen molar-refractivity contribution < 1.29 is 4.74 Å². The molecule has 0 aliphatic carbocycles. The van der Waals surface area contributed by atoms with Crippen molar-refractivity contribution in [3.05, 3.63) is 45.9 Å². The van der Waals surface area contributed by atoms with Crippen molar-refractivity contribution in [2.24, 2.45) is 5.73 Å². The summed E-state index contributed by atoms with van der Waals surface area (Å²) in [7, 11) is 0. The molecule has 1 aromatic carbocycles. The smallest absolute Gasteiger partial charge is 0.131 e. The number of benzene rings is 1. The normalized spacial score (nSPS) is 10.3. The number of rotatable bonds is 5. The fourth-order valence-electron chi connectivity index (χ4n) is 1.56. The average molecular weight is 261 g/mol. The van der Waals surface area contributed by atoms with Gasteiger partial charge in [-0.05, 0) is 24.6 Å². The Kier molecular flexibility index (Phi) is 3.94. The van der Waals surface area contributed by atoms with Crippen molar-refractivity contribution in [3.8, 4) is 5.75 Å². The van der Waals surface area contributed by atoms with Crippen molar-refractivity contribution in [2.75, 3.05) is 0 Å². The molecule has 0 aliphatic heterocycles. The van der Waals surface area contributed by atoms with Gasteiger partial charge in [0.1, 0.15) is 12.4 Å². The topological polar surface area (TPSA) is 72.0 Å². The van der Waals surface area contributed by atoms with E-state index in [1.807, 2.05) is 36.6 Å². The van der Waals surface area contributed by atoms with Crippen LogP contribution in [0.4, 0.5) is 0 Å². The first-order chi connectivity index (χ1) is 8.63. The van der Waals surface area contributed by atoms with Crippen LogP contribution in [-0.4, -0.2) is 10.8 Å². The number of hydrogen-bond donors (Lipinski definition) is 2. The summed E-state index contributed by atoms with van der Waals surface area (Å²) in [6.45, 7) is 2.46. The Hall–Kier alpha value is -1.88. The lowest BCUT2D eigenvalue weighted by Gasteiger charge is -2.05. The van der Waals surface area contributed by atoms with E-state index in [4.69, 9.17) is 15.9 Å². The third-order valence-corrected chi connectivity index (χ3v) is 3.19. The largest absolute Gasteiger partial charge is 0.487 e. The first-order valence-electron chi connectivity index (χ1n) is 5.59. The van der Waals surface area contributed by atoms with Crippen LogP contribution in [-0.2, 0) is 13.0 Å². The van der Waals surface area contributed by atoms with E-state index < -0.39 is 0 Å². The number of ether oxygens (including phenoxy) is 1. The fourth-order valence-corrected chi connectivity index (χ4v) is 2.15. The molecule has 0 radical (unpaired) electrons. The van der Waals surface area contributed by atoms with E-state index in [0.29, 0.717) is 13.0 Å². The zero-order chi connectivity index (χ0) is 13.0. The van der Waals surface area contributed by atoms with Crippen LogP contribution in [0, 0.1) is 12.3 Å². The Morgan fingerprint density at radius 2 is 2.11 bits per heavy atom. The first kappa shape index (κ1) is 12.6. The molecule has 0 aliphatic rings. The van der Waals surface area contributed by atoms with Gasteiger partial charge in [-0.2, -0.15) is 0 Å². The van der Waals surface area contributed by atoms with Crippen LogP contribution in [0.25, 0.3) is 0 Å². The minimum atomic E-state index is 0.168. The van der Waals surface area contributed by atoms with Crippen LogP contribution < -0.4 is 10.5 Å². The lowest BCUT2D eigenvalue weighted by Crippen LogP contribution is -2.12. The maximum absolute atomic E-state index is 7.22. The molecule has 5 heteroatoms. The van der Waals surface area contributed by atoms with Gasteiger partial charge in [0.25, 0.3) is 0 Å². The minimum absolute atomic E-state index is 0.168. The predicted octanol–water partition coefficient (Wildman–Crippen LogP) is 2.51. The summed E-state index contributed by atoms with van der Waals surface area (Å²) in [6, 6.07) is 7.61. The van der Waals surface area contributed by atoms with Crippen molar-refractivity contribution in [1.29, 1.82) is 5.41 Å². The second-order valence-electron chi connectivity index (χ2n) is 3.99. The monoisotopic (exact) mass is 261 g/mol. The van der Waals surface area contributed by atoms with Gasteiger partial charge in [0.2, 0.25) is 0 Å². The molecule has 2 rings (SSSR count). The SMILES string of the molecule is Cc1nc(COc2ccc(CC(=N)N)cc2)cs1. The number of aromatic nitrogens is 1. The number of nitrogens with two attached hydrogens (primary N) is 1. The molecule has 1 heterocycles. The van der Waals surface area contributed by atoms with Gasteiger partial charge in [0.05, 0.1) is 16.5 Å². The number of hydrogen-bond acceptors (Lipinski definition) is 4. The molecular formula is C13H15N3OS. The number of thiazole rings is 1. The molecule has 2 aromatic rings. The van der Waals surface area contributed by atoms with Gasteiger partial charge >= 0.3 is 0 Å². The van der Waals surface area contributed by atoms with Gasteiger partial charge in [-0.15, -0.1) is 11.3 Å². The summed E-state index contributed by atoms with van der Waals surface area (Å²) in [5.41, 5.74) is 7.31. The highest BCUT2D eigenvalue weighted by molar-refractivity contribution is 7.09. The van der Waals surface area contributed by atoms with Gasteiger partial charge in [-0.3, -0.25) is 5.41 Å². The average Bonchev–Trinajstić information content (AvgIpc) is 2.74. The van der Waals surface area contributed by atoms with Gasteiger partial charge < -0.3 is 10.5 Å². The highest BCUT2D eigenvalue weighted by atomic mass is 32.1. The minimum Gasteiger partial charge on any atom is -0.487 e.